The fraction of sp³-hybridized carbons (Fsp3) is 0.250. The fourth-order valence-corrected chi connectivity index (χ4v) is 3.44. The molecule has 22 heavy (non-hydrogen) atoms. The van der Waals surface area contributed by atoms with Crippen LogP contribution in [0, 0.1) is 0 Å². The van der Waals surface area contributed by atoms with Crippen LogP contribution in [0.15, 0.2) is 51.6 Å². The lowest BCUT2D eigenvalue weighted by Gasteiger charge is -2.34. The minimum atomic E-state index is -0.377. The molecule has 6 heteroatoms. The van der Waals surface area contributed by atoms with Crippen LogP contribution in [0.1, 0.15) is 30.5 Å². The summed E-state index contributed by atoms with van der Waals surface area (Å²) in [5.41, 5.74) is 1.29. The van der Waals surface area contributed by atoms with Crippen LogP contribution in [0.4, 0.5) is 4.79 Å². The standard InChI is InChI=1S/C16H16N2O3S/c1-10-14(11(2)19)15(13-6-4-8-22-13)17-16(20)18(10)9-12-5-3-7-21-12/h3-8,15H,9H2,1-2H3,(H,17,20)/t15-/m1/s1. The van der Waals surface area contributed by atoms with Gasteiger partial charge in [-0.05, 0) is 37.4 Å². The van der Waals surface area contributed by atoms with E-state index in [0.717, 1.165) is 4.88 Å². The number of nitrogens with one attached hydrogen (secondary N) is 1. The van der Waals surface area contributed by atoms with Crippen molar-refractivity contribution in [2.24, 2.45) is 0 Å². The Kier molecular flexibility index (Phi) is 3.85. The Balaban J connectivity index is 2.00. The van der Waals surface area contributed by atoms with Gasteiger partial charge in [0.25, 0.3) is 0 Å². The Bertz CT molecular complexity index is 717. The zero-order valence-corrected chi connectivity index (χ0v) is 13.1. The minimum Gasteiger partial charge on any atom is -0.467 e. The van der Waals surface area contributed by atoms with Gasteiger partial charge >= 0.3 is 6.03 Å². The van der Waals surface area contributed by atoms with Crippen LogP contribution in [-0.4, -0.2) is 16.7 Å². The summed E-state index contributed by atoms with van der Waals surface area (Å²) < 4.78 is 5.30. The molecule has 114 valence electrons. The number of allylic oxidation sites excluding steroid dienone is 1. The maximum Gasteiger partial charge on any atom is 0.322 e. The van der Waals surface area contributed by atoms with Crippen molar-refractivity contribution in [3.63, 3.8) is 0 Å². The number of rotatable bonds is 4. The first kappa shape index (κ1) is 14.6. The topological polar surface area (TPSA) is 62.6 Å². The number of urea groups is 1. The molecule has 1 N–H and O–H groups in total. The van der Waals surface area contributed by atoms with Crippen molar-refractivity contribution in [3.05, 3.63) is 57.8 Å². The number of hydrogen-bond donors (Lipinski definition) is 1. The maximum absolute atomic E-state index is 12.4. The Morgan fingerprint density at radius 3 is 2.82 bits per heavy atom. The quantitative estimate of drug-likeness (QED) is 0.939. The van der Waals surface area contributed by atoms with E-state index < -0.39 is 0 Å². The third kappa shape index (κ3) is 2.57. The van der Waals surface area contributed by atoms with Crippen LogP contribution in [-0.2, 0) is 11.3 Å². The molecule has 1 aliphatic heterocycles. The van der Waals surface area contributed by atoms with Crippen molar-refractivity contribution in [1.82, 2.24) is 10.2 Å². The van der Waals surface area contributed by atoms with E-state index in [1.165, 1.54) is 18.3 Å². The van der Waals surface area contributed by atoms with Crippen LogP contribution >= 0.6 is 11.3 Å². The van der Waals surface area contributed by atoms with E-state index in [1.807, 2.05) is 17.5 Å². The number of thiophene rings is 1. The van der Waals surface area contributed by atoms with Crippen LogP contribution in [0.25, 0.3) is 0 Å². The summed E-state index contributed by atoms with van der Waals surface area (Å²) in [6.07, 6.45) is 1.57. The zero-order chi connectivity index (χ0) is 15.7. The predicted molar refractivity (Wildman–Crippen MR) is 83.2 cm³/mol. The van der Waals surface area contributed by atoms with Gasteiger partial charge in [-0.2, -0.15) is 0 Å². The predicted octanol–water partition coefficient (Wildman–Crippen LogP) is 3.47. The van der Waals surface area contributed by atoms with Crippen molar-refractivity contribution in [1.29, 1.82) is 0 Å². The van der Waals surface area contributed by atoms with Gasteiger partial charge in [-0.15, -0.1) is 11.3 Å². The van der Waals surface area contributed by atoms with E-state index in [2.05, 4.69) is 5.32 Å². The first-order valence-electron chi connectivity index (χ1n) is 6.93. The average Bonchev–Trinajstić information content (AvgIpc) is 3.15. The fourth-order valence-electron chi connectivity index (χ4n) is 2.66. The van der Waals surface area contributed by atoms with E-state index in [-0.39, 0.29) is 17.9 Å². The summed E-state index contributed by atoms with van der Waals surface area (Å²) in [5, 5.41) is 4.85. The number of Topliss-reactive ketones (excluding diaryl/α,β-unsaturated/α-hetero) is 1. The third-order valence-electron chi connectivity index (χ3n) is 3.70. The van der Waals surface area contributed by atoms with Crippen molar-refractivity contribution >= 4 is 23.2 Å². The largest absolute Gasteiger partial charge is 0.467 e. The third-order valence-corrected chi connectivity index (χ3v) is 4.63. The monoisotopic (exact) mass is 316 g/mol. The molecule has 0 radical (unpaired) electrons. The molecule has 2 aromatic heterocycles. The highest BCUT2D eigenvalue weighted by Gasteiger charge is 2.34. The molecule has 2 aromatic rings. The summed E-state index contributed by atoms with van der Waals surface area (Å²) in [6, 6.07) is 6.81. The molecular weight excluding hydrogens is 300 g/mol. The van der Waals surface area contributed by atoms with Crippen molar-refractivity contribution in [2.75, 3.05) is 0 Å². The molecule has 0 unspecified atom stereocenters. The second kappa shape index (κ2) is 5.81. The highest BCUT2D eigenvalue weighted by molar-refractivity contribution is 7.10. The molecule has 0 spiro atoms. The second-order valence-corrected chi connectivity index (χ2v) is 6.10. The molecule has 3 heterocycles. The first-order chi connectivity index (χ1) is 10.6. The molecule has 0 saturated carbocycles. The lowest BCUT2D eigenvalue weighted by molar-refractivity contribution is -0.114. The van der Waals surface area contributed by atoms with Crippen LogP contribution in [0.5, 0.6) is 0 Å². The summed E-state index contributed by atoms with van der Waals surface area (Å²) in [5.74, 6) is 0.632. The lowest BCUT2D eigenvalue weighted by atomic mass is 9.97. The van der Waals surface area contributed by atoms with Gasteiger partial charge in [0.05, 0.1) is 18.8 Å². The van der Waals surface area contributed by atoms with Gasteiger partial charge in [-0.3, -0.25) is 9.69 Å². The summed E-state index contributed by atoms with van der Waals surface area (Å²) in [7, 11) is 0. The Labute approximate surface area is 132 Å². The normalized spacial score (nSPS) is 18.5. The van der Waals surface area contributed by atoms with Crippen molar-refractivity contribution < 1.29 is 14.0 Å². The highest BCUT2D eigenvalue weighted by atomic mass is 32.1. The molecule has 0 fully saturated rings. The van der Waals surface area contributed by atoms with Gasteiger partial charge in [0.2, 0.25) is 0 Å². The van der Waals surface area contributed by atoms with Crippen molar-refractivity contribution in [3.8, 4) is 0 Å². The van der Waals surface area contributed by atoms with Gasteiger partial charge in [-0.1, -0.05) is 6.07 Å². The Hall–Kier alpha value is -2.34. The summed E-state index contributed by atoms with van der Waals surface area (Å²) >= 11 is 1.52. The number of nitrogens with zero attached hydrogens (tertiary/aromatic N) is 1. The molecule has 5 nitrogen and oxygen atoms in total. The van der Waals surface area contributed by atoms with E-state index in [1.54, 1.807) is 30.2 Å². The van der Waals surface area contributed by atoms with E-state index in [4.69, 9.17) is 4.42 Å². The zero-order valence-electron chi connectivity index (χ0n) is 12.3. The number of carbonyl (C=O) groups excluding carboxylic acids is 2. The number of ketones is 1. The van der Waals surface area contributed by atoms with Crippen LogP contribution in [0.3, 0.4) is 0 Å². The Morgan fingerprint density at radius 1 is 1.41 bits per heavy atom. The van der Waals surface area contributed by atoms with E-state index in [9.17, 15) is 9.59 Å². The lowest BCUT2D eigenvalue weighted by Crippen LogP contribution is -2.46. The molecule has 1 atom stereocenters. The van der Waals surface area contributed by atoms with Gasteiger partial charge < -0.3 is 9.73 Å². The van der Waals surface area contributed by atoms with Crippen LogP contribution < -0.4 is 5.32 Å². The number of amides is 2. The number of hydrogen-bond acceptors (Lipinski definition) is 4. The van der Waals surface area contributed by atoms with Crippen molar-refractivity contribution in [2.45, 2.75) is 26.4 Å². The molecule has 1 aliphatic rings. The SMILES string of the molecule is CC(=O)C1=C(C)N(Cc2ccco2)C(=O)N[C@@H]1c1cccs1. The van der Waals surface area contributed by atoms with Gasteiger partial charge in [0.1, 0.15) is 5.76 Å². The van der Waals surface area contributed by atoms with Gasteiger partial charge in [0, 0.05) is 16.1 Å². The molecule has 0 saturated heterocycles. The molecule has 3 rings (SSSR count). The summed E-state index contributed by atoms with van der Waals surface area (Å²) in [4.78, 5) is 27.0. The molecule has 0 aromatic carbocycles. The minimum absolute atomic E-state index is 0.0413. The number of furan rings is 1. The van der Waals surface area contributed by atoms with Gasteiger partial charge in [0.15, 0.2) is 5.78 Å². The maximum atomic E-state index is 12.4. The smallest absolute Gasteiger partial charge is 0.322 e. The van der Waals surface area contributed by atoms with E-state index in [0.29, 0.717) is 23.6 Å². The second-order valence-electron chi connectivity index (χ2n) is 5.12. The van der Waals surface area contributed by atoms with Gasteiger partial charge in [-0.25, -0.2) is 4.79 Å². The molecule has 2 amide bonds. The Morgan fingerprint density at radius 2 is 2.23 bits per heavy atom. The average molecular weight is 316 g/mol. The first-order valence-corrected chi connectivity index (χ1v) is 7.81. The van der Waals surface area contributed by atoms with E-state index >= 15 is 0 Å². The summed E-state index contributed by atoms with van der Waals surface area (Å²) in [6.45, 7) is 3.64. The molecule has 0 bridgehead atoms. The highest BCUT2D eigenvalue weighted by Crippen LogP contribution is 2.33. The number of carbonyl (C=O) groups is 2. The molecule has 0 aliphatic carbocycles. The molecular formula is C16H16N2O3S. The van der Waals surface area contributed by atoms with Crippen LogP contribution in [0.2, 0.25) is 0 Å².